The molecule has 0 aromatic carbocycles. The molecule has 1 fully saturated rings. The summed E-state index contributed by atoms with van der Waals surface area (Å²) in [6, 6.07) is 0. The summed E-state index contributed by atoms with van der Waals surface area (Å²) < 4.78 is 2.32. The van der Waals surface area contributed by atoms with Gasteiger partial charge in [0.15, 0.2) is 6.20 Å². The van der Waals surface area contributed by atoms with Gasteiger partial charge >= 0.3 is 0 Å². The first-order valence-electron chi connectivity index (χ1n) is 9.98. The van der Waals surface area contributed by atoms with Gasteiger partial charge in [-0.1, -0.05) is 69.1 Å². The smallest absolute Gasteiger partial charge is 0.195 e. The van der Waals surface area contributed by atoms with E-state index in [-0.39, 0.29) is 0 Å². The van der Waals surface area contributed by atoms with Crippen LogP contribution in [0, 0.1) is 0 Å². The van der Waals surface area contributed by atoms with Crippen molar-refractivity contribution in [3.05, 3.63) is 17.1 Å². The zero-order valence-corrected chi connectivity index (χ0v) is 16.5. The SMILES string of the molecule is c1c[n+](CCCCCCCCCCCSC2CCCCC2)cs1. The summed E-state index contributed by atoms with van der Waals surface area (Å²) in [6.45, 7) is 1.21. The number of rotatable bonds is 13. The second-order valence-corrected chi connectivity index (χ2v) is 9.24. The van der Waals surface area contributed by atoms with Gasteiger partial charge in [0.2, 0.25) is 5.51 Å². The molecule has 0 saturated heterocycles. The van der Waals surface area contributed by atoms with Crippen LogP contribution in [-0.4, -0.2) is 11.0 Å². The van der Waals surface area contributed by atoms with Crippen molar-refractivity contribution in [2.45, 2.75) is 102 Å². The summed E-state index contributed by atoms with van der Waals surface area (Å²) >= 11 is 4.06. The fraction of sp³-hybridized carbons (Fsp3) is 0.850. The van der Waals surface area contributed by atoms with E-state index in [1.54, 1.807) is 11.3 Å². The molecule has 0 unspecified atom stereocenters. The van der Waals surface area contributed by atoms with Gasteiger partial charge in [-0.3, -0.25) is 0 Å². The van der Waals surface area contributed by atoms with E-state index < -0.39 is 0 Å². The van der Waals surface area contributed by atoms with E-state index in [2.05, 4.69) is 33.4 Å². The second-order valence-electron chi connectivity index (χ2n) is 7.08. The van der Waals surface area contributed by atoms with E-state index in [4.69, 9.17) is 0 Å². The highest BCUT2D eigenvalue weighted by molar-refractivity contribution is 7.99. The summed E-state index contributed by atoms with van der Waals surface area (Å²) in [5, 5.41) is 3.17. The topological polar surface area (TPSA) is 3.88 Å². The Kier molecular flexibility index (Phi) is 11.2. The summed E-state index contributed by atoms with van der Waals surface area (Å²) in [5.41, 5.74) is 2.21. The first-order valence-corrected chi connectivity index (χ1v) is 12.0. The standard InChI is InChI=1S/C20H36NS2/c1(2-4-6-11-15-21-16-18-22-19-21)3-5-7-12-17-23-20-13-9-8-10-14-20/h16,18-20H,1-15,17H2/q+1. The minimum atomic E-state index is 1.01. The van der Waals surface area contributed by atoms with Gasteiger partial charge in [-0.2, -0.15) is 16.3 Å². The van der Waals surface area contributed by atoms with Crippen LogP contribution < -0.4 is 4.57 Å². The number of hydrogen-bond acceptors (Lipinski definition) is 2. The van der Waals surface area contributed by atoms with Crippen molar-refractivity contribution >= 4 is 23.1 Å². The number of thiazole rings is 1. The quantitative estimate of drug-likeness (QED) is 0.284. The molecule has 1 aromatic heterocycles. The Bertz CT molecular complexity index is 358. The predicted octanol–water partition coefficient (Wildman–Crippen LogP) is 6.61. The molecular formula is C20H36NS2+. The van der Waals surface area contributed by atoms with Gasteiger partial charge in [0.05, 0.1) is 5.38 Å². The van der Waals surface area contributed by atoms with Gasteiger partial charge < -0.3 is 0 Å². The Hall–Kier alpha value is -0.0200. The number of unbranched alkanes of at least 4 members (excludes halogenated alkanes) is 8. The molecule has 3 heteroatoms. The lowest BCUT2D eigenvalue weighted by molar-refractivity contribution is -0.692. The minimum Gasteiger partial charge on any atom is -0.195 e. The van der Waals surface area contributed by atoms with Gasteiger partial charge in [0.1, 0.15) is 6.54 Å². The molecule has 1 aliphatic rings. The third-order valence-corrected chi connectivity index (χ3v) is 7.13. The summed E-state index contributed by atoms with van der Waals surface area (Å²) in [4.78, 5) is 0. The zero-order chi connectivity index (χ0) is 16.0. The first-order chi connectivity index (χ1) is 11.4. The minimum absolute atomic E-state index is 1.01. The van der Waals surface area contributed by atoms with E-state index in [9.17, 15) is 0 Å². The van der Waals surface area contributed by atoms with Crippen molar-refractivity contribution in [3.63, 3.8) is 0 Å². The molecule has 0 radical (unpaired) electrons. The number of aryl methyl sites for hydroxylation is 1. The average molecular weight is 355 g/mol. The van der Waals surface area contributed by atoms with Gasteiger partial charge in [-0.05, 0) is 31.4 Å². The maximum absolute atomic E-state index is 2.32. The van der Waals surface area contributed by atoms with E-state index in [0.29, 0.717) is 0 Å². The molecule has 0 N–H and O–H groups in total. The summed E-state index contributed by atoms with van der Waals surface area (Å²) in [6.07, 6.45) is 22.6. The van der Waals surface area contributed by atoms with Crippen molar-refractivity contribution in [3.8, 4) is 0 Å². The van der Waals surface area contributed by atoms with Gasteiger partial charge in [0, 0.05) is 11.7 Å². The van der Waals surface area contributed by atoms with E-state index in [1.165, 1.54) is 102 Å². The maximum atomic E-state index is 2.32. The number of nitrogens with zero attached hydrogens (tertiary/aromatic N) is 1. The third-order valence-electron chi connectivity index (χ3n) is 4.99. The van der Waals surface area contributed by atoms with E-state index >= 15 is 0 Å². The molecule has 0 bridgehead atoms. The van der Waals surface area contributed by atoms with E-state index in [0.717, 1.165) is 5.25 Å². The van der Waals surface area contributed by atoms with Crippen molar-refractivity contribution in [2.75, 3.05) is 5.75 Å². The third kappa shape index (κ3) is 9.76. The molecule has 0 amide bonds. The average Bonchev–Trinajstić information content (AvgIpc) is 3.10. The highest BCUT2D eigenvalue weighted by Gasteiger charge is 2.12. The van der Waals surface area contributed by atoms with Crippen molar-refractivity contribution in [2.24, 2.45) is 0 Å². The lowest BCUT2D eigenvalue weighted by Crippen LogP contribution is -2.29. The molecule has 1 aromatic rings. The van der Waals surface area contributed by atoms with Gasteiger partial charge in [0.25, 0.3) is 0 Å². The van der Waals surface area contributed by atoms with Crippen LogP contribution in [-0.2, 0) is 6.54 Å². The first kappa shape index (κ1) is 19.3. The molecule has 1 saturated carbocycles. The molecule has 1 nitrogen and oxygen atoms in total. The van der Waals surface area contributed by atoms with Crippen LogP contribution in [0.15, 0.2) is 17.1 Å². The van der Waals surface area contributed by atoms with Crippen LogP contribution in [0.3, 0.4) is 0 Å². The van der Waals surface area contributed by atoms with Crippen LogP contribution in [0.25, 0.3) is 0 Å². The van der Waals surface area contributed by atoms with Crippen LogP contribution in [0.5, 0.6) is 0 Å². The number of thioether (sulfide) groups is 1. The van der Waals surface area contributed by atoms with Crippen molar-refractivity contribution in [1.82, 2.24) is 0 Å². The molecule has 0 atom stereocenters. The Morgan fingerprint density at radius 2 is 1.48 bits per heavy atom. The summed E-state index contributed by atoms with van der Waals surface area (Å²) in [7, 11) is 0. The molecule has 132 valence electrons. The molecule has 2 rings (SSSR count). The van der Waals surface area contributed by atoms with Crippen molar-refractivity contribution in [1.29, 1.82) is 0 Å². The highest BCUT2D eigenvalue weighted by atomic mass is 32.2. The highest BCUT2D eigenvalue weighted by Crippen LogP contribution is 2.28. The normalized spacial score (nSPS) is 16.0. The van der Waals surface area contributed by atoms with Crippen LogP contribution in [0.1, 0.15) is 89.9 Å². The predicted molar refractivity (Wildman–Crippen MR) is 105 cm³/mol. The van der Waals surface area contributed by atoms with Crippen LogP contribution in [0.2, 0.25) is 0 Å². The Morgan fingerprint density at radius 3 is 2.13 bits per heavy atom. The number of aromatic nitrogens is 1. The Labute approximate surface area is 152 Å². The fourth-order valence-corrected chi connectivity index (χ4v) is 5.50. The monoisotopic (exact) mass is 354 g/mol. The largest absolute Gasteiger partial charge is 0.224 e. The van der Waals surface area contributed by atoms with E-state index in [1.807, 2.05) is 0 Å². The Morgan fingerprint density at radius 1 is 0.826 bits per heavy atom. The maximum Gasteiger partial charge on any atom is 0.224 e. The van der Waals surface area contributed by atoms with Crippen molar-refractivity contribution < 1.29 is 4.57 Å². The lowest BCUT2D eigenvalue weighted by atomic mass is 10.0. The number of hydrogen-bond donors (Lipinski definition) is 0. The second kappa shape index (κ2) is 13.3. The molecule has 1 aliphatic carbocycles. The molecule has 1 heterocycles. The molecule has 23 heavy (non-hydrogen) atoms. The molecular weight excluding hydrogens is 318 g/mol. The van der Waals surface area contributed by atoms with Gasteiger partial charge in [-0.25, -0.2) is 0 Å². The summed E-state index contributed by atoms with van der Waals surface area (Å²) in [5.74, 6) is 1.42. The lowest BCUT2D eigenvalue weighted by Gasteiger charge is -2.20. The Balaban J connectivity index is 1.27. The van der Waals surface area contributed by atoms with Crippen LogP contribution >= 0.6 is 23.1 Å². The van der Waals surface area contributed by atoms with Gasteiger partial charge in [-0.15, -0.1) is 0 Å². The molecule has 0 aliphatic heterocycles. The molecule has 0 spiro atoms. The van der Waals surface area contributed by atoms with Crippen LogP contribution in [0.4, 0.5) is 0 Å². The zero-order valence-electron chi connectivity index (χ0n) is 14.9. The fourth-order valence-electron chi connectivity index (χ4n) is 3.50.